The van der Waals surface area contributed by atoms with Crippen molar-refractivity contribution < 1.29 is 13.6 Å². The fraction of sp³-hybridized carbons (Fsp3) is 0.857. The van der Waals surface area contributed by atoms with Crippen molar-refractivity contribution in [3.63, 3.8) is 0 Å². The van der Waals surface area contributed by atoms with Crippen LogP contribution in [0.5, 0.6) is 0 Å². The Kier molecular flexibility index (Phi) is 14.2. The van der Waals surface area contributed by atoms with Crippen molar-refractivity contribution in [2.75, 3.05) is 13.2 Å². The highest BCUT2D eigenvalue weighted by atomic mass is 28.4. The maximum atomic E-state index is 7.14. The summed E-state index contributed by atoms with van der Waals surface area (Å²) >= 11 is 0. The molecule has 6 atom stereocenters. The standard InChI is InChI=1S/C42H78O3Si2/c1-31(2)19-16-20-32(3)36-24-25-37-34(21-17-26-42(36,37)11)22-23-35-30-39(45-47(14,15)41(8,9)10)38(29-33(35)4)43-27-18-28-44-46(12,13)40(5,6)7/h22-23,31-32,36-39H,4,16-21,24-30H2,1-3,5-15H3/t32-,36-,37+,38?,39?,42-/m1/s1. The number of rotatable bonds is 14. The van der Waals surface area contributed by atoms with Crippen molar-refractivity contribution in [2.45, 2.75) is 188 Å². The van der Waals surface area contributed by atoms with Crippen molar-refractivity contribution >= 4 is 16.6 Å². The van der Waals surface area contributed by atoms with Gasteiger partial charge in [-0.05, 0) is 115 Å². The zero-order chi connectivity index (χ0) is 35.4. The number of ether oxygens (including phenoxy) is 1. The molecule has 0 aromatic carbocycles. The second-order valence-electron chi connectivity index (χ2n) is 19.6. The van der Waals surface area contributed by atoms with Gasteiger partial charge in [-0.2, -0.15) is 0 Å². The molecule has 2 unspecified atom stereocenters. The first-order valence-corrected chi connectivity index (χ1v) is 25.4. The molecular formula is C42H78O3Si2. The zero-order valence-corrected chi connectivity index (χ0v) is 35.7. The summed E-state index contributed by atoms with van der Waals surface area (Å²) in [6.45, 7) is 39.4. The molecule has 47 heavy (non-hydrogen) atoms. The number of allylic oxidation sites excluding steroid dienone is 3. The minimum absolute atomic E-state index is 0.0556. The first-order valence-electron chi connectivity index (χ1n) is 19.6. The van der Waals surface area contributed by atoms with Gasteiger partial charge >= 0.3 is 0 Å². The van der Waals surface area contributed by atoms with Gasteiger partial charge in [-0.15, -0.1) is 0 Å². The van der Waals surface area contributed by atoms with Gasteiger partial charge in [0.2, 0.25) is 0 Å². The van der Waals surface area contributed by atoms with Crippen molar-refractivity contribution in [1.29, 1.82) is 0 Å². The van der Waals surface area contributed by atoms with Gasteiger partial charge in [0.25, 0.3) is 0 Å². The van der Waals surface area contributed by atoms with Gasteiger partial charge in [0.15, 0.2) is 16.6 Å². The Morgan fingerprint density at radius 3 is 2.13 bits per heavy atom. The van der Waals surface area contributed by atoms with E-state index in [2.05, 4.69) is 114 Å². The Balaban J connectivity index is 1.72. The maximum Gasteiger partial charge on any atom is 0.192 e. The minimum Gasteiger partial charge on any atom is -0.417 e. The van der Waals surface area contributed by atoms with Crippen LogP contribution in [0.3, 0.4) is 0 Å². The summed E-state index contributed by atoms with van der Waals surface area (Å²) in [6.07, 6.45) is 18.7. The quantitative estimate of drug-likeness (QED) is 0.134. The Morgan fingerprint density at radius 2 is 1.51 bits per heavy atom. The average molecular weight is 687 g/mol. The lowest BCUT2D eigenvalue weighted by atomic mass is 9.60. The Bertz CT molecular complexity index is 1090. The van der Waals surface area contributed by atoms with E-state index in [0.29, 0.717) is 12.0 Å². The van der Waals surface area contributed by atoms with E-state index >= 15 is 0 Å². The topological polar surface area (TPSA) is 27.7 Å². The summed E-state index contributed by atoms with van der Waals surface area (Å²) in [4.78, 5) is 0. The summed E-state index contributed by atoms with van der Waals surface area (Å²) in [6, 6.07) is 0. The fourth-order valence-corrected chi connectivity index (χ4v) is 10.8. The van der Waals surface area contributed by atoms with Gasteiger partial charge in [0.1, 0.15) is 0 Å². The van der Waals surface area contributed by atoms with Gasteiger partial charge < -0.3 is 13.6 Å². The SMILES string of the molecule is C=C1CC(OCCCO[Si](C)(C)C(C)(C)C)C(O[Si](C)(C)C(C)(C)C)CC1=CC=C1CCC[C@]2(C)[C@@H]([C@H](C)CCCC(C)C)CC[C@@H]12. The van der Waals surface area contributed by atoms with Crippen molar-refractivity contribution in [3.8, 4) is 0 Å². The maximum absolute atomic E-state index is 7.14. The molecule has 0 aliphatic heterocycles. The van der Waals surface area contributed by atoms with Gasteiger partial charge in [0.05, 0.1) is 12.2 Å². The smallest absolute Gasteiger partial charge is 0.192 e. The molecule has 0 amide bonds. The fourth-order valence-electron chi connectivity index (χ4n) is 8.33. The molecule has 0 bridgehead atoms. The van der Waals surface area contributed by atoms with E-state index in [4.69, 9.17) is 13.6 Å². The molecule has 3 fully saturated rings. The average Bonchev–Trinajstić information content (AvgIpc) is 3.29. The van der Waals surface area contributed by atoms with Crippen LogP contribution in [0.2, 0.25) is 36.3 Å². The van der Waals surface area contributed by atoms with Crippen molar-refractivity contribution in [1.82, 2.24) is 0 Å². The lowest BCUT2D eigenvalue weighted by Gasteiger charge is -2.44. The van der Waals surface area contributed by atoms with Gasteiger partial charge in [-0.3, -0.25) is 0 Å². The third-order valence-electron chi connectivity index (χ3n) is 13.5. The molecule has 3 saturated carbocycles. The third-order valence-corrected chi connectivity index (χ3v) is 22.6. The molecule has 0 aromatic rings. The normalized spacial score (nSPS) is 30.4. The second-order valence-corrected chi connectivity index (χ2v) is 29.2. The van der Waals surface area contributed by atoms with Gasteiger partial charge in [0, 0.05) is 26.1 Å². The van der Waals surface area contributed by atoms with Gasteiger partial charge in [-0.25, -0.2) is 0 Å². The van der Waals surface area contributed by atoms with E-state index < -0.39 is 16.6 Å². The number of fused-ring (bicyclic) bond motifs is 1. The molecule has 0 spiro atoms. The highest BCUT2D eigenvalue weighted by Gasteiger charge is 2.50. The molecule has 0 saturated heterocycles. The molecule has 272 valence electrons. The largest absolute Gasteiger partial charge is 0.417 e. The van der Waals surface area contributed by atoms with E-state index in [9.17, 15) is 0 Å². The summed E-state index contributed by atoms with van der Waals surface area (Å²) in [5.41, 5.74) is 4.79. The Morgan fingerprint density at radius 1 is 0.851 bits per heavy atom. The molecular weight excluding hydrogens is 609 g/mol. The van der Waals surface area contributed by atoms with E-state index in [1.165, 1.54) is 62.5 Å². The van der Waals surface area contributed by atoms with Crippen LogP contribution in [-0.4, -0.2) is 42.1 Å². The summed E-state index contributed by atoms with van der Waals surface area (Å²) in [7, 11) is -3.71. The Labute approximate surface area is 295 Å². The highest BCUT2D eigenvalue weighted by Crippen LogP contribution is 2.60. The zero-order valence-electron chi connectivity index (χ0n) is 33.7. The van der Waals surface area contributed by atoms with Crippen LogP contribution < -0.4 is 0 Å². The van der Waals surface area contributed by atoms with Crippen LogP contribution in [-0.2, 0) is 13.6 Å². The predicted octanol–water partition coefficient (Wildman–Crippen LogP) is 13.1. The predicted molar refractivity (Wildman–Crippen MR) is 210 cm³/mol. The lowest BCUT2D eigenvalue weighted by molar-refractivity contribution is -0.0386. The van der Waals surface area contributed by atoms with E-state index in [0.717, 1.165) is 49.5 Å². The number of hydrogen-bond donors (Lipinski definition) is 0. The van der Waals surface area contributed by atoms with E-state index in [1.807, 2.05) is 0 Å². The van der Waals surface area contributed by atoms with E-state index in [1.54, 1.807) is 5.57 Å². The van der Waals surface area contributed by atoms with Crippen LogP contribution >= 0.6 is 0 Å². The molecule has 3 aliphatic rings. The number of hydrogen-bond acceptors (Lipinski definition) is 3. The van der Waals surface area contributed by atoms with Crippen molar-refractivity contribution in [2.24, 2.45) is 29.1 Å². The first-order chi connectivity index (χ1) is 21.6. The van der Waals surface area contributed by atoms with Crippen LogP contribution in [0.1, 0.15) is 140 Å². The van der Waals surface area contributed by atoms with Crippen molar-refractivity contribution in [3.05, 3.63) is 35.5 Å². The molecule has 3 nitrogen and oxygen atoms in total. The molecule has 0 radical (unpaired) electrons. The third kappa shape index (κ3) is 10.5. The molecule has 3 aliphatic carbocycles. The summed E-state index contributed by atoms with van der Waals surface area (Å²) < 4.78 is 20.2. The lowest BCUT2D eigenvalue weighted by Crippen LogP contribution is -2.49. The Hall–Kier alpha value is -0.466. The molecule has 0 N–H and O–H groups in total. The first kappa shape index (κ1) is 41.0. The van der Waals surface area contributed by atoms with Gasteiger partial charge in [-0.1, -0.05) is 113 Å². The molecule has 3 rings (SSSR count). The second kappa shape index (κ2) is 16.3. The summed E-state index contributed by atoms with van der Waals surface area (Å²) in [5.74, 6) is 3.27. The summed E-state index contributed by atoms with van der Waals surface area (Å²) in [5, 5.41) is 0.392. The minimum atomic E-state index is -1.97. The molecule has 5 heteroatoms. The molecule has 0 aromatic heterocycles. The molecule has 0 heterocycles. The monoisotopic (exact) mass is 687 g/mol. The van der Waals surface area contributed by atoms with Crippen LogP contribution in [0.15, 0.2) is 35.5 Å². The highest BCUT2D eigenvalue weighted by molar-refractivity contribution is 6.74. The van der Waals surface area contributed by atoms with E-state index in [-0.39, 0.29) is 22.3 Å². The van der Waals surface area contributed by atoms with Crippen LogP contribution in [0.4, 0.5) is 0 Å². The van der Waals surface area contributed by atoms with Crippen LogP contribution in [0, 0.1) is 29.1 Å². The van der Waals surface area contributed by atoms with Crippen LogP contribution in [0.25, 0.3) is 0 Å².